The van der Waals surface area contributed by atoms with Crippen LogP contribution >= 0.6 is 0 Å². The Balaban J connectivity index is 0. The van der Waals surface area contributed by atoms with Crippen molar-refractivity contribution < 1.29 is 55.8 Å². The molecular formula is C18H24F4O8. The van der Waals surface area contributed by atoms with Crippen molar-refractivity contribution in [2.75, 3.05) is 13.2 Å². The van der Waals surface area contributed by atoms with Gasteiger partial charge in [0.25, 0.3) is 0 Å². The summed E-state index contributed by atoms with van der Waals surface area (Å²) in [6.07, 6.45) is -3.26. The van der Waals surface area contributed by atoms with Crippen LogP contribution in [0.1, 0.15) is 40.0 Å². The van der Waals surface area contributed by atoms with E-state index in [2.05, 4.69) is 4.74 Å². The van der Waals surface area contributed by atoms with Gasteiger partial charge in [-0.1, -0.05) is 6.92 Å². The van der Waals surface area contributed by atoms with Gasteiger partial charge in [0.05, 0.1) is 24.5 Å². The fourth-order valence-corrected chi connectivity index (χ4v) is 2.74. The van der Waals surface area contributed by atoms with Crippen LogP contribution < -0.4 is 0 Å². The fraction of sp³-hybridized carbons (Fsp3) is 0.778. The smallest absolute Gasteiger partial charge is 0.373 e. The lowest BCUT2D eigenvalue weighted by molar-refractivity contribution is -0.193. The minimum absolute atomic E-state index is 0.250. The van der Waals surface area contributed by atoms with Crippen molar-refractivity contribution >= 4 is 24.2 Å². The highest BCUT2D eigenvalue weighted by molar-refractivity contribution is 5.80. The van der Waals surface area contributed by atoms with Crippen LogP contribution in [0.15, 0.2) is 0 Å². The van der Waals surface area contributed by atoms with Crippen molar-refractivity contribution in [2.45, 2.75) is 52.9 Å². The van der Waals surface area contributed by atoms with Gasteiger partial charge in [-0.25, -0.2) is 17.6 Å². The van der Waals surface area contributed by atoms with Crippen LogP contribution in [-0.4, -0.2) is 50.3 Å². The lowest BCUT2D eigenvalue weighted by atomic mass is 10.0. The molecule has 30 heavy (non-hydrogen) atoms. The monoisotopic (exact) mass is 444 g/mol. The zero-order valence-corrected chi connectivity index (χ0v) is 16.7. The number of hydrogen-bond acceptors (Lipinski definition) is 8. The second kappa shape index (κ2) is 15.3. The van der Waals surface area contributed by atoms with E-state index in [1.807, 2.05) is 0 Å². The minimum atomic E-state index is -2.40. The summed E-state index contributed by atoms with van der Waals surface area (Å²) in [5.41, 5.74) is -0.871. The Labute approximate surface area is 170 Å². The second-order valence-corrected chi connectivity index (χ2v) is 6.13. The topological polar surface area (TPSA) is 121 Å². The molecule has 12 heteroatoms. The molecule has 0 aliphatic heterocycles. The molecule has 172 valence electrons. The summed E-state index contributed by atoms with van der Waals surface area (Å²) in [6.45, 7) is 5.62. The van der Waals surface area contributed by atoms with Crippen LogP contribution in [0.5, 0.6) is 0 Å². The summed E-state index contributed by atoms with van der Waals surface area (Å²) >= 11 is 0. The summed E-state index contributed by atoms with van der Waals surface area (Å²) in [5.74, 6) is -2.99. The Morgan fingerprint density at radius 3 is 1.67 bits per heavy atom. The van der Waals surface area contributed by atoms with E-state index in [9.17, 15) is 27.2 Å². The number of alkyl halides is 4. The van der Waals surface area contributed by atoms with Gasteiger partial charge in [0.1, 0.15) is 0 Å². The van der Waals surface area contributed by atoms with Gasteiger partial charge in [-0.2, -0.15) is 19.2 Å². The summed E-state index contributed by atoms with van der Waals surface area (Å²) in [7, 11) is 0. The summed E-state index contributed by atoms with van der Waals surface area (Å²) in [6, 6.07) is 0. The molecule has 0 aromatic heterocycles. The average molecular weight is 444 g/mol. The quantitative estimate of drug-likeness (QED) is 0.434. The third kappa shape index (κ3) is 9.76. The first-order valence-electron chi connectivity index (χ1n) is 8.96. The first-order valence-corrected chi connectivity index (χ1v) is 8.96. The van der Waals surface area contributed by atoms with Gasteiger partial charge in [0.15, 0.2) is 0 Å². The minimum Gasteiger partial charge on any atom is -0.466 e. The number of carbonyl (C=O) groups is 2. The maximum Gasteiger partial charge on any atom is 0.373 e. The highest BCUT2D eigenvalue weighted by Crippen LogP contribution is 2.58. The molecule has 0 amide bonds. The van der Waals surface area contributed by atoms with Gasteiger partial charge < -0.3 is 9.47 Å². The third-order valence-electron chi connectivity index (χ3n) is 4.50. The molecule has 2 unspecified atom stereocenters. The third-order valence-corrected chi connectivity index (χ3v) is 4.50. The van der Waals surface area contributed by atoms with Crippen LogP contribution in [0.4, 0.5) is 17.6 Å². The van der Waals surface area contributed by atoms with Crippen LogP contribution in [0.2, 0.25) is 0 Å². The standard InChI is InChI=1S/C9H14F2O2.C7H10F2O2.2CO2/c1-3-9(8(12)13-4-2)5-6(9)7(10)11;1-2-11-7(10)5-3-4(5)6(8)9;2*2-1-3/h6-7H,3-5H2,1-2H3;4-6H,2-3H2,1H3;;/t;4-,5+;;/m.1../s1. The molecule has 2 aliphatic carbocycles. The van der Waals surface area contributed by atoms with Crippen LogP contribution in [0.3, 0.4) is 0 Å². The van der Waals surface area contributed by atoms with Crippen LogP contribution in [0.25, 0.3) is 0 Å². The first kappa shape index (κ1) is 29.6. The Bertz CT molecular complexity index is 589. The van der Waals surface area contributed by atoms with E-state index in [4.69, 9.17) is 23.9 Å². The predicted molar refractivity (Wildman–Crippen MR) is 87.7 cm³/mol. The van der Waals surface area contributed by atoms with Crippen molar-refractivity contribution in [3.8, 4) is 0 Å². The van der Waals surface area contributed by atoms with Gasteiger partial charge in [0, 0.05) is 11.8 Å². The molecule has 0 heterocycles. The molecule has 0 aromatic rings. The molecule has 0 radical (unpaired) electrons. The SMILES string of the molecule is CCOC(=O)C1(CC)CC1C(F)F.CCOC(=O)[C@H]1C[C@H]1C(F)F.O=C=O.O=C=O. The van der Waals surface area contributed by atoms with Gasteiger partial charge in [0.2, 0.25) is 12.9 Å². The lowest BCUT2D eigenvalue weighted by Crippen LogP contribution is -2.22. The number of hydrogen-bond donors (Lipinski definition) is 0. The van der Waals surface area contributed by atoms with Gasteiger partial charge >= 0.3 is 24.2 Å². The van der Waals surface area contributed by atoms with Crippen molar-refractivity contribution in [3.05, 3.63) is 0 Å². The summed E-state index contributed by atoms with van der Waals surface area (Å²) < 4.78 is 57.7. The molecule has 2 fully saturated rings. The lowest BCUT2D eigenvalue weighted by Gasteiger charge is -2.12. The van der Waals surface area contributed by atoms with E-state index in [0.717, 1.165) is 0 Å². The molecule has 0 N–H and O–H groups in total. The van der Waals surface area contributed by atoms with Crippen LogP contribution in [0, 0.1) is 23.2 Å². The molecule has 2 rings (SSSR count). The Hall–Kier alpha value is -2.58. The van der Waals surface area contributed by atoms with E-state index in [1.165, 1.54) is 0 Å². The number of halogens is 4. The highest BCUT2D eigenvalue weighted by Gasteiger charge is 2.63. The first-order chi connectivity index (χ1) is 14.1. The highest BCUT2D eigenvalue weighted by atomic mass is 19.3. The van der Waals surface area contributed by atoms with E-state index in [0.29, 0.717) is 6.42 Å². The zero-order chi connectivity index (χ0) is 23.9. The number of esters is 2. The van der Waals surface area contributed by atoms with Crippen molar-refractivity contribution in [2.24, 2.45) is 23.2 Å². The maximum absolute atomic E-state index is 12.3. The number of ether oxygens (including phenoxy) is 2. The number of carbonyl (C=O) groups excluding carboxylic acids is 6. The zero-order valence-electron chi connectivity index (χ0n) is 16.7. The maximum atomic E-state index is 12.3. The van der Waals surface area contributed by atoms with E-state index in [1.54, 1.807) is 20.8 Å². The van der Waals surface area contributed by atoms with E-state index in [-0.39, 0.29) is 38.4 Å². The molecule has 4 atom stereocenters. The largest absolute Gasteiger partial charge is 0.466 e. The summed E-state index contributed by atoms with van der Waals surface area (Å²) in [4.78, 5) is 54.6. The van der Waals surface area contributed by atoms with E-state index >= 15 is 0 Å². The number of rotatable bonds is 7. The normalized spacial score (nSPS) is 24.9. The Kier molecular flexibility index (Phi) is 15.1. The Morgan fingerprint density at radius 2 is 1.40 bits per heavy atom. The average Bonchev–Trinajstić information content (AvgIpc) is 3.56. The van der Waals surface area contributed by atoms with E-state index < -0.39 is 48.0 Å². The van der Waals surface area contributed by atoms with Gasteiger partial charge in [-0.15, -0.1) is 0 Å². The fourth-order valence-electron chi connectivity index (χ4n) is 2.74. The Morgan fingerprint density at radius 1 is 0.933 bits per heavy atom. The van der Waals surface area contributed by atoms with Crippen molar-refractivity contribution in [1.29, 1.82) is 0 Å². The van der Waals surface area contributed by atoms with Crippen molar-refractivity contribution in [3.63, 3.8) is 0 Å². The van der Waals surface area contributed by atoms with Gasteiger partial charge in [-0.05, 0) is 33.1 Å². The molecular weight excluding hydrogens is 420 g/mol. The van der Waals surface area contributed by atoms with Crippen molar-refractivity contribution in [1.82, 2.24) is 0 Å². The predicted octanol–water partition coefficient (Wildman–Crippen LogP) is 2.51. The second-order valence-electron chi connectivity index (χ2n) is 6.13. The molecule has 0 bridgehead atoms. The molecule has 8 nitrogen and oxygen atoms in total. The van der Waals surface area contributed by atoms with Gasteiger partial charge in [-0.3, -0.25) is 9.59 Å². The molecule has 0 spiro atoms. The molecule has 0 aromatic carbocycles. The molecule has 0 saturated heterocycles. The molecule has 2 saturated carbocycles. The summed E-state index contributed by atoms with van der Waals surface area (Å²) in [5, 5.41) is 0. The van der Waals surface area contributed by atoms with Crippen LogP contribution in [-0.2, 0) is 38.2 Å². The molecule has 2 aliphatic rings.